The molecule has 1 aliphatic heterocycles. The first-order valence-corrected chi connectivity index (χ1v) is 13.4. The molecule has 9 nitrogen and oxygen atoms in total. The maximum atomic E-state index is 13.3. The zero-order valence-corrected chi connectivity index (χ0v) is 22.3. The number of hydrogen-bond acceptors (Lipinski definition) is 8. The van der Waals surface area contributed by atoms with Crippen LogP contribution < -0.4 is 10.2 Å². The number of amides is 1. The fourth-order valence-corrected chi connectivity index (χ4v) is 5.50. The summed E-state index contributed by atoms with van der Waals surface area (Å²) >= 11 is 0. The molecule has 0 spiro atoms. The molecular weight excluding hydrogens is 488 g/mol. The Morgan fingerprint density at radius 3 is 2.23 bits per heavy atom. The number of nitrogens with one attached hydrogen (secondary N) is 1. The van der Waals surface area contributed by atoms with Crippen molar-refractivity contribution in [1.82, 2.24) is 29.7 Å². The van der Waals surface area contributed by atoms with E-state index in [0.29, 0.717) is 29.2 Å². The highest BCUT2D eigenvalue weighted by atomic mass is 16.1. The second-order valence-corrected chi connectivity index (χ2v) is 10.2. The number of carbonyl (C=O) groups excluding carboxylic acids is 1. The van der Waals surface area contributed by atoms with Gasteiger partial charge in [0.15, 0.2) is 0 Å². The maximum Gasteiger partial charge on any atom is 0.255 e. The standard InChI is InChI=1S/C30H32N8O/c1-21-5-8-24(20-27(21)38(29-31-11-3-12-32-29)30-33-13-4-14-34-30)35-28(39)23-6-9-25-22(19-23)7-10-26(25)37-17-15-36(2)16-18-37/h3-6,8-9,11-14,19-20,26H,7,10,15-18H2,1-2H3,(H,35,39)/t26-/m1/s1. The van der Waals surface area contributed by atoms with Crippen molar-refractivity contribution in [2.45, 2.75) is 25.8 Å². The Hall–Kier alpha value is -4.21. The quantitative estimate of drug-likeness (QED) is 0.397. The molecule has 0 radical (unpaired) electrons. The normalized spacial score (nSPS) is 17.5. The fourth-order valence-electron chi connectivity index (χ4n) is 5.50. The van der Waals surface area contributed by atoms with Crippen LogP contribution >= 0.6 is 0 Å². The van der Waals surface area contributed by atoms with Crippen molar-refractivity contribution in [1.29, 1.82) is 0 Å². The molecule has 1 aliphatic carbocycles. The Bertz CT molecular complexity index is 1420. The van der Waals surface area contributed by atoms with Gasteiger partial charge in [0, 0.05) is 68.3 Å². The summed E-state index contributed by atoms with van der Waals surface area (Å²) in [5.41, 5.74) is 5.76. The third kappa shape index (κ3) is 5.23. The number of piperazine rings is 1. The van der Waals surface area contributed by atoms with Gasteiger partial charge in [-0.2, -0.15) is 0 Å². The number of fused-ring (bicyclic) bond motifs is 1. The molecule has 1 fully saturated rings. The van der Waals surface area contributed by atoms with Crippen LogP contribution in [0.4, 0.5) is 23.3 Å². The maximum absolute atomic E-state index is 13.3. The molecule has 1 N–H and O–H groups in total. The molecule has 6 rings (SSSR count). The summed E-state index contributed by atoms with van der Waals surface area (Å²) in [5.74, 6) is 0.765. The van der Waals surface area contributed by atoms with Gasteiger partial charge in [-0.1, -0.05) is 12.1 Å². The minimum atomic E-state index is -0.130. The lowest BCUT2D eigenvalue weighted by molar-refractivity contribution is 0.102. The van der Waals surface area contributed by atoms with Crippen molar-refractivity contribution in [2.24, 2.45) is 0 Å². The van der Waals surface area contributed by atoms with E-state index in [0.717, 1.165) is 50.3 Å². The van der Waals surface area contributed by atoms with Crippen molar-refractivity contribution in [3.63, 3.8) is 0 Å². The van der Waals surface area contributed by atoms with E-state index in [9.17, 15) is 4.79 Å². The molecule has 3 heterocycles. The van der Waals surface area contributed by atoms with E-state index in [4.69, 9.17) is 0 Å². The summed E-state index contributed by atoms with van der Waals surface area (Å²) in [7, 11) is 2.18. The molecule has 2 aromatic carbocycles. The highest BCUT2D eigenvalue weighted by Gasteiger charge is 2.30. The van der Waals surface area contributed by atoms with Gasteiger partial charge in [0.05, 0.1) is 5.69 Å². The molecular formula is C30H32N8O. The van der Waals surface area contributed by atoms with Crippen LogP contribution in [0.15, 0.2) is 73.3 Å². The molecule has 0 saturated carbocycles. The van der Waals surface area contributed by atoms with Gasteiger partial charge in [0.25, 0.3) is 5.91 Å². The number of likely N-dealkylation sites (N-methyl/N-ethyl adjacent to an activating group) is 1. The molecule has 0 unspecified atom stereocenters. The molecule has 2 aromatic heterocycles. The summed E-state index contributed by atoms with van der Waals surface area (Å²) in [6.07, 6.45) is 8.85. The smallest absolute Gasteiger partial charge is 0.255 e. The van der Waals surface area contributed by atoms with Gasteiger partial charge in [-0.25, -0.2) is 24.8 Å². The first-order valence-electron chi connectivity index (χ1n) is 13.4. The fraction of sp³-hybridized carbons (Fsp3) is 0.300. The number of nitrogens with zero attached hydrogens (tertiary/aromatic N) is 7. The molecule has 198 valence electrons. The average Bonchev–Trinajstić information content (AvgIpc) is 3.40. The molecule has 1 atom stereocenters. The van der Waals surface area contributed by atoms with Gasteiger partial charge in [0.1, 0.15) is 0 Å². The highest BCUT2D eigenvalue weighted by molar-refractivity contribution is 6.04. The van der Waals surface area contributed by atoms with E-state index in [1.54, 1.807) is 41.8 Å². The molecule has 2 aliphatic rings. The average molecular weight is 521 g/mol. The number of carbonyl (C=O) groups is 1. The summed E-state index contributed by atoms with van der Waals surface area (Å²) in [6, 6.07) is 16.0. The van der Waals surface area contributed by atoms with Crippen molar-refractivity contribution in [2.75, 3.05) is 43.4 Å². The number of aryl methyl sites for hydroxylation is 2. The summed E-state index contributed by atoms with van der Waals surface area (Å²) in [4.78, 5) is 37.8. The molecule has 4 aromatic rings. The number of benzene rings is 2. The summed E-state index contributed by atoms with van der Waals surface area (Å²) in [5, 5.41) is 3.09. The minimum Gasteiger partial charge on any atom is -0.322 e. The summed E-state index contributed by atoms with van der Waals surface area (Å²) < 4.78 is 0. The van der Waals surface area contributed by atoms with E-state index < -0.39 is 0 Å². The third-order valence-electron chi connectivity index (χ3n) is 7.64. The lowest BCUT2D eigenvalue weighted by Crippen LogP contribution is -2.45. The lowest BCUT2D eigenvalue weighted by Gasteiger charge is -2.36. The van der Waals surface area contributed by atoms with Gasteiger partial charge in [0.2, 0.25) is 11.9 Å². The Balaban J connectivity index is 1.24. The first kappa shape index (κ1) is 25.1. The van der Waals surface area contributed by atoms with Crippen LogP contribution in [-0.2, 0) is 6.42 Å². The first-order chi connectivity index (χ1) is 19.1. The van der Waals surface area contributed by atoms with Crippen LogP contribution in [0.25, 0.3) is 0 Å². The Kier molecular flexibility index (Phi) is 7.00. The number of rotatable bonds is 6. The molecule has 1 amide bonds. The van der Waals surface area contributed by atoms with E-state index in [2.05, 4.69) is 54.2 Å². The van der Waals surface area contributed by atoms with E-state index in [1.807, 2.05) is 31.2 Å². The second-order valence-electron chi connectivity index (χ2n) is 10.2. The second kappa shape index (κ2) is 10.9. The monoisotopic (exact) mass is 520 g/mol. The number of hydrogen-bond donors (Lipinski definition) is 1. The van der Waals surface area contributed by atoms with E-state index in [1.165, 1.54) is 11.1 Å². The van der Waals surface area contributed by atoms with Crippen molar-refractivity contribution >= 4 is 29.2 Å². The van der Waals surface area contributed by atoms with Crippen molar-refractivity contribution in [3.05, 3.63) is 95.6 Å². The van der Waals surface area contributed by atoms with Crippen LogP contribution in [-0.4, -0.2) is 68.9 Å². The Labute approximate surface area is 228 Å². The van der Waals surface area contributed by atoms with Gasteiger partial charge in [-0.15, -0.1) is 0 Å². The van der Waals surface area contributed by atoms with E-state index >= 15 is 0 Å². The van der Waals surface area contributed by atoms with Gasteiger partial charge in [-0.3, -0.25) is 9.69 Å². The topological polar surface area (TPSA) is 90.4 Å². The van der Waals surface area contributed by atoms with Crippen molar-refractivity contribution < 1.29 is 4.79 Å². The molecule has 9 heteroatoms. The van der Waals surface area contributed by atoms with Gasteiger partial charge >= 0.3 is 0 Å². The van der Waals surface area contributed by atoms with E-state index in [-0.39, 0.29) is 5.91 Å². The molecule has 39 heavy (non-hydrogen) atoms. The lowest BCUT2D eigenvalue weighted by atomic mass is 10.0. The highest BCUT2D eigenvalue weighted by Crippen LogP contribution is 2.37. The van der Waals surface area contributed by atoms with Crippen LogP contribution in [0.2, 0.25) is 0 Å². The predicted octanol–water partition coefficient (Wildman–Crippen LogP) is 4.53. The third-order valence-corrected chi connectivity index (χ3v) is 7.64. The van der Waals surface area contributed by atoms with Crippen LogP contribution in [0.1, 0.15) is 39.5 Å². The number of anilines is 4. The largest absolute Gasteiger partial charge is 0.322 e. The Morgan fingerprint density at radius 2 is 1.56 bits per heavy atom. The van der Waals surface area contributed by atoms with Crippen LogP contribution in [0.5, 0.6) is 0 Å². The Morgan fingerprint density at radius 1 is 0.897 bits per heavy atom. The van der Waals surface area contributed by atoms with Gasteiger partial charge < -0.3 is 10.2 Å². The summed E-state index contributed by atoms with van der Waals surface area (Å²) in [6.45, 7) is 6.40. The number of aromatic nitrogens is 4. The SMILES string of the molecule is Cc1ccc(NC(=O)c2ccc3c(c2)CC[C@H]3N2CCN(C)CC2)cc1N(c1ncccn1)c1ncccn1. The zero-order valence-electron chi connectivity index (χ0n) is 22.3. The van der Waals surface area contributed by atoms with Crippen molar-refractivity contribution in [3.8, 4) is 0 Å². The van der Waals surface area contributed by atoms with Gasteiger partial charge in [-0.05, 0) is 79.9 Å². The zero-order chi connectivity index (χ0) is 26.8. The molecule has 0 bridgehead atoms. The van der Waals surface area contributed by atoms with Crippen LogP contribution in [0.3, 0.4) is 0 Å². The van der Waals surface area contributed by atoms with Crippen LogP contribution in [0, 0.1) is 6.92 Å². The molecule has 1 saturated heterocycles. The predicted molar refractivity (Wildman–Crippen MR) is 152 cm³/mol. The minimum absolute atomic E-state index is 0.130.